The summed E-state index contributed by atoms with van der Waals surface area (Å²) in [5, 5.41) is 22.5. The van der Waals surface area contributed by atoms with Gasteiger partial charge in [-0.15, -0.1) is 0 Å². The van der Waals surface area contributed by atoms with Gasteiger partial charge in [-0.05, 0) is 30.7 Å². The van der Waals surface area contributed by atoms with Crippen LogP contribution in [0.2, 0.25) is 0 Å². The number of hydrazone groups is 1. The van der Waals surface area contributed by atoms with Gasteiger partial charge in [0.15, 0.2) is 5.84 Å². The number of hydrogen-bond acceptors (Lipinski definition) is 5. The second kappa shape index (κ2) is 6.72. The van der Waals surface area contributed by atoms with Crippen LogP contribution in [0.25, 0.3) is 0 Å². The molecule has 0 aromatic heterocycles. The predicted octanol–water partition coefficient (Wildman–Crippen LogP) is 2.21. The van der Waals surface area contributed by atoms with Gasteiger partial charge in [0.2, 0.25) is 11.6 Å². The zero-order valence-electron chi connectivity index (χ0n) is 13.1. The molecule has 7 heteroatoms. The molecule has 5 N–H and O–H groups in total. The van der Waals surface area contributed by atoms with Gasteiger partial charge >= 0.3 is 0 Å². The summed E-state index contributed by atoms with van der Waals surface area (Å²) in [5.74, 6) is -0.474. The van der Waals surface area contributed by atoms with E-state index in [1.54, 1.807) is 24.3 Å². The Morgan fingerprint density at radius 2 is 2.05 bits per heavy atom. The maximum absolute atomic E-state index is 12.0. The van der Waals surface area contributed by atoms with Gasteiger partial charge in [-0.3, -0.25) is 15.6 Å². The molecule has 0 radical (unpaired) electrons. The minimum Gasteiger partial charge on any atom is -0.382 e. The van der Waals surface area contributed by atoms with Crippen molar-refractivity contribution in [1.29, 1.82) is 10.7 Å². The normalized spacial score (nSPS) is 11.5. The summed E-state index contributed by atoms with van der Waals surface area (Å²) < 4.78 is 0. The Hall–Kier alpha value is -2.88. The number of aryl methyl sites for hydroxylation is 1. The zero-order chi connectivity index (χ0) is 16.9. The molecule has 0 atom stereocenters. The lowest BCUT2D eigenvalue weighted by Crippen LogP contribution is -2.27. The molecule has 1 aromatic carbocycles. The third-order valence-corrected chi connectivity index (χ3v) is 2.81. The fraction of sp³-hybridized carbons (Fsp3) is 0.333. The number of anilines is 2. The topological polar surface area (TPSA) is 127 Å². The summed E-state index contributed by atoms with van der Waals surface area (Å²) in [6, 6.07) is 6.95. The zero-order valence-corrected chi connectivity index (χ0v) is 13.1. The molecule has 0 aliphatic carbocycles. The molecule has 0 aliphatic heterocycles. The average Bonchev–Trinajstić information content (AvgIpc) is 2.40. The van der Waals surface area contributed by atoms with Gasteiger partial charge in [0.1, 0.15) is 6.07 Å². The maximum Gasteiger partial charge on any atom is 0.229 e. The third-order valence-electron chi connectivity index (χ3n) is 2.81. The Kier molecular flexibility index (Phi) is 5.24. The molecule has 0 saturated carbocycles. The highest BCUT2D eigenvalue weighted by Gasteiger charge is 2.21. The van der Waals surface area contributed by atoms with E-state index in [1.807, 2.05) is 27.7 Å². The first kappa shape index (κ1) is 17.2. The molecular weight excluding hydrogens is 280 g/mol. The molecule has 0 heterocycles. The quantitative estimate of drug-likeness (QED) is 0.386. The van der Waals surface area contributed by atoms with Crippen LogP contribution < -0.4 is 16.5 Å². The van der Waals surface area contributed by atoms with Crippen molar-refractivity contribution in [3.63, 3.8) is 0 Å². The van der Waals surface area contributed by atoms with Gasteiger partial charge in [0.05, 0.1) is 5.69 Å². The molecule has 22 heavy (non-hydrogen) atoms. The number of nitrogens with two attached hydrogens (primary N) is 1. The lowest BCUT2D eigenvalue weighted by Gasteiger charge is -2.19. The van der Waals surface area contributed by atoms with Gasteiger partial charge < -0.3 is 11.1 Å². The van der Waals surface area contributed by atoms with Gasteiger partial charge in [-0.2, -0.15) is 10.4 Å². The average molecular weight is 300 g/mol. The molecule has 0 saturated heterocycles. The van der Waals surface area contributed by atoms with Crippen LogP contribution in [0, 0.1) is 29.1 Å². The molecule has 0 bridgehead atoms. The molecule has 0 unspecified atom stereocenters. The number of carbonyl (C=O) groups is 1. The number of nitrogens with zero attached hydrogens (tertiary/aromatic N) is 2. The fourth-order valence-electron chi connectivity index (χ4n) is 1.45. The lowest BCUT2D eigenvalue weighted by molar-refractivity contribution is -0.123. The SMILES string of the molecule is Cc1cc(N/N=C(\C#N)C(=N)N)ccc1NC(=O)C(C)(C)C. The van der Waals surface area contributed by atoms with Crippen molar-refractivity contribution in [2.45, 2.75) is 27.7 Å². The van der Waals surface area contributed by atoms with Crippen LogP contribution in [0.15, 0.2) is 23.3 Å². The first-order valence-electron chi connectivity index (χ1n) is 6.65. The minimum absolute atomic E-state index is 0.0716. The highest BCUT2D eigenvalue weighted by Crippen LogP contribution is 2.23. The van der Waals surface area contributed by atoms with E-state index in [0.29, 0.717) is 11.4 Å². The van der Waals surface area contributed by atoms with E-state index in [0.717, 1.165) is 5.56 Å². The van der Waals surface area contributed by atoms with Crippen LogP contribution in [0.3, 0.4) is 0 Å². The van der Waals surface area contributed by atoms with Crippen LogP contribution in [-0.4, -0.2) is 17.5 Å². The van der Waals surface area contributed by atoms with Crippen molar-refractivity contribution < 1.29 is 4.79 Å². The molecule has 116 valence electrons. The van der Waals surface area contributed by atoms with Crippen molar-refractivity contribution in [1.82, 2.24) is 0 Å². The van der Waals surface area contributed by atoms with Crippen molar-refractivity contribution in [3.05, 3.63) is 23.8 Å². The summed E-state index contributed by atoms with van der Waals surface area (Å²) >= 11 is 0. The molecule has 1 aromatic rings. The maximum atomic E-state index is 12.0. The lowest BCUT2D eigenvalue weighted by atomic mass is 9.95. The molecule has 0 fully saturated rings. The highest BCUT2D eigenvalue weighted by atomic mass is 16.2. The molecule has 1 rings (SSSR count). The van der Waals surface area contributed by atoms with E-state index in [1.165, 1.54) is 0 Å². The summed E-state index contributed by atoms with van der Waals surface area (Å²) in [6.07, 6.45) is 0. The number of rotatable bonds is 4. The number of nitriles is 1. The number of amidine groups is 1. The van der Waals surface area contributed by atoms with E-state index in [-0.39, 0.29) is 11.6 Å². The second-order valence-corrected chi connectivity index (χ2v) is 5.83. The summed E-state index contributed by atoms with van der Waals surface area (Å²) in [7, 11) is 0. The summed E-state index contributed by atoms with van der Waals surface area (Å²) in [5.41, 5.74) is 9.38. The Morgan fingerprint density at radius 3 is 2.50 bits per heavy atom. The van der Waals surface area contributed by atoms with Crippen molar-refractivity contribution in [3.8, 4) is 6.07 Å². The van der Waals surface area contributed by atoms with Gasteiger partial charge in [-0.1, -0.05) is 20.8 Å². The number of benzene rings is 1. The third kappa shape index (κ3) is 4.59. The van der Waals surface area contributed by atoms with Crippen molar-refractivity contribution in [2.24, 2.45) is 16.3 Å². The Bertz CT molecular complexity index is 664. The Balaban J connectivity index is 2.89. The van der Waals surface area contributed by atoms with Crippen LogP contribution in [0.1, 0.15) is 26.3 Å². The first-order valence-corrected chi connectivity index (χ1v) is 6.65. The molecule has 7 nitrogen and oxygen atoms in total. The summed E-state index contributed by atoms with van der Waals surface area (Å²) in [6.45, 7) is 7.37. The summed E-state index contributed by atoms with van der Waals surface area (Å²) in [4.78, 5) is 12.0. The fourth-order valence-corrected chi connectivity index (χ4v) is 1.45. The van der Waals surface area contributed by atoms with E-state index in [9.17, 15) is 4.79 Å². The van der Waals surface area contributed by atoms with Crippen LogP contribution in [0.5, 0.6) is 0 Å². The van der Waals surface area contributed by atoms with Crippen molar-refractivity contribution in [2.75, 3.05) is 10.7 Å². The van der Waals surface area contributed by atoms with Gasteiger partial charge in [0, 0.05) is 11.1 Å². The number of carbonyl (C=O) groups excluding carboxylic acids is 1. The van der Waals surface area contributed by atoms with Crippen LogP contribution >= 0.6 is 0 Å². The van der Waals surface area contributed by atoms with Crippen LogP contribution in [0.4, 0.5) is 11.4 Å². The smallest absolute Gasteiger partial charge is 0.229 e. The molecule has 0 aliphatic rings. The minimum atomic E-state index is -0.475. The second-order valence-electron chi connectivity index (χ2n) is 5.83. The van der Waals surface area contributed by atoms with E-state index in [2.05, 4.69) is 15.8 Å². The van der Waals surface area contributed by atoms with E-state index >= 15 is 0 Å². The monoisotopic (exact) mass is 300 g/mol. The van der Waals surface area contributed by atoms with E-state index < -0.39 is 11.3 Å². The highest BCUT2D eigenvalue weighted by molar-refractivity contribution is 6.45. The van der Waals surface area contributed by atoms with Crippen LogP contribution in [-0.2, 0) is 4.79 Å². The molecular formula is C15H20N6O. The van der Waals surface area contributed by atoms with Crippen molar-refractivity contribution >= 4 is 28.8 Å². The number of hydrogen-bond donors (Lipinski definition) is 4. The largest absolute Gasteiger partial charge is 0.382 e. The number of amides is 1. The first-order chi connectivity index (χ1) is 10.1. The standard InChI is InChI=1S/C15H20N6O/c1-9-7-10(20-21-12(8-16)13(17)18)5-6-11(9)19-14(22)15(2,3)4/h5-7,20H,1-4H3,(H3,17,18)(H,19,22)/b21-12+. The molecule has 1 amide bonds. The Labute approximate surface area is 129 Å². The number of nitrogens with one attached hydrogen (secondary N) is 3. The predicted molar refractivity (Wildman–Crippen MR) is 87.8 cm³/mol. The van der Waals surface area contributed by atoms with Gasteiger partial charge in [0.25, 0.3) is 0 Å². The Morgan fingerprint density at radius 1 is 1.41 bits per heavy atom. The van der Waals surface area contributed by atoms with Gasteiger partial charge in [-0.25, -0.2) is 0 Å². The molecule has 0 spiro atoms. The van der Waals surface area contributed by atoms with E-state index in [4.69, 9.17) is 16.4 Å².